The van der Waals surface area contributed by atoms with Crippen molar-refractivity contribution in [3.8, 4) is 11.8 Å². The molecule has 1 saturated carbocycles. The Bertz CT molecular complexity index is 769. The summed E-state index contributed by atoms with van der Waals surface area (Å²) >= 11 is 11.9. The highest BCUT2D eigenvalue weighted by Crippen LogP contribution is 2.63. The first-order valence-corrected chi connectivity index (χ1v) is 7.03. The van der Waals surface area contributed by atoms with Gasteiger partial charge in [-0.3, -0.25) is 25.7 Å². The molecule has 0 heterocycles. The number of hydrogen-bond acceptors (Lipinski definition) is 6. The van der Waals surface area contributed by atoms with Gasteiger partial charge in [0.25, 0.3) is 5.69 Å². The van der Waals surface area contributed by atoms with Crippen LogP contribution in [-0.4, -0.2) is 20.4 Å². The molecule has 0 aromatic heterocycles. The largest absolute Gasteiger partial charge is 0.301 e. The van der Waals surface area contributed by atoms with Gasteiger partial charge in [-0.1, -0.05) is 35.0 Å². The fourth-order valence-corrected chi connectivity index (χ4v) is 2.37. The quantitative estimate of drug-likeness (QED) is 0.292. The van der Waals surface area contributed by atoms with Gasteiger partial charge in [-0.25, -0.2) is 0 Å². The zero-order chi connectivity index (χ0) is 17.3. The van der Waals surface area contributed by atoms with E-state index >= 15 is 0 Å². The summed E-state index contributed by atoms with van der Waals surface area (Å²) in [5, 5.41) is 25.3. The predicted octanol–water partition coefficient (Wildman–Crippen LogP) is 3.49. The number of alkyl halides is 2. The van der Waals surface area contributed by atoms with Crippen LogP contribution in [0.4, 0.5) is 17.1 Å². The van der Waals surface area contributed by atoms with Crippen molar-refractivity contribution in [3.63, 3.8) is 0 Å². The summed E-state index contributed by atoms with van der Waals surface area (Å²) in [7, 11) is 0. The molecule has 0 aliphatic heterocycles. The van der Waals surface area contributed by atoms with E-state index in [1.807, 2.05) is 6.92 Å². The molecule has 1 aromatic carbocycles. The zero-order valence-electron chi connectivity index (χ0n) is 11.7. The lowest BCUT2D eigenvalue weighted by atomic mass is 10.1. The number of non-ortho nitro benzene ring substituents is 1. The number of benzene rings is 1. The first-order valence-electron chi connectivity index (χ1n) is 6.27. The summed E-state index contributed by atoms with van der Waals surface area (Å²) in [6.45, 7) is 1.81. The zero-order valence-corrected chi connectivity index (χ0v) is 13.3. The third-order valence-electron chi connectivity index (χ3n) is 3.31. The number of halogens is 2. The van der Waals surface area contributed by atoms with Gasteiger partial charge in [-0.2, -0.15) is 5.10 Å². The molecule has 23 heavy (non-hydrogen) atoms. The van der Waals surface area contributed by atoms with Gasteiger partial charge >= 0.3 is 5.69 Å². The Balaban J connectivity index is 2.09. The Labute approximate surface area is 140 Å². The highest BCUT2D eigenvalue weighted by molar-refractivity contribution is 6.51. The van der Waals surface area contributed by atoms with E-state index in [9.17, 15) is 20.2 Å². The normalized spacial score (nSPS) is 21.3. The Morgan fingerprint density at radius 1 is 1.35 bits per heavy atom. The number of nitrogens with one attached hydrogen (secondary N) is 1. The molecule has 0 bridgehead atoms. The Morgan fingerprint density at radius 3 is 2.52 bits per heavy atom. The van der Waals surface area contributed by atoms with Gasteiger partial charge in [0.2, 0.25) is 0 Å². The number of hydrazone groups is 1. The summed E-state index contributed by atoms with van der Waals surface area (Å²) in [6.07, 6.45) is 1.75. The second kappa shape index (κ2) is 6.02. The molecule has 1 aliphatic rings. The number of nitrogens with zero attached hydrogens (tertiary/aromatic N) is 3. The molecule has 1 N–H and O–H groups in total. The maximum atomic E-state index is 10.9. The van der Waals surface area contributed by atoms with Crippen molar-refractivity contribution < 1.29 is 9.85 Å². The molecule has 0 radical (unpaired) electrons. The lowest BCUT2D eigenvalue weighted by Gasteiger charge is -2.01. The maximum Gasteiger partial charge on any atom is 0.301 e. The van der Waals surface area contributed by atoms with Crippen molar-refractivity contribution in [2.24, 2.45) is 10.5 Å². The van der Waals surface area contributed by atoms with Crippen LogP contribution >= 0.6 is 23.2 Å². The molecule has 2 rings (SSSR count). The minimum absolute atomic E-state index is 0.0142. The Hall–Kier alpha value is -2.37. The average molecular weight is 357 g/mol. The van der Waals surface area contributed by atoms with Gasteiger partial charge in [0.15, 0.2) is 0 Å². The molecule has 8 nitrogen and oxygen atoms in total. The second-order valence-electron chi connectivity index (χ2n) is 5.07. The van der Waals surface area contributed by atoms with E-state index in [0.29, 0.717) is 6.42 Å². The van der Waals surface area contributed by atoms with E-state index in [1.165, 1.54) is 12.3 Å². The van der Waals surface area contributed by atoms with E-state index in [0.717, 1.165) is 12.1 Å². The molecule has 0 amide bonds. The molecule has 120 valence electrons. The topological polar surface area (TPSA) is 111 Å². The van der Waals surface area contributed by atoms with Crippen LogP contribution in [0.25, 0.3) is 0 Å². The van der Waals surface area contributed by atoms with Crippen LogP contribution in [0.5, 0.6) is 0 Å². The van der Waals surface area contributed by atoms with Gasteiger partial charge in [0.1, 0.15) is 10.0 Å². The Morgan fingerprint density at radius 2 is 2.00 bits per heavy atom. The monoisotopic (exact) mass is 356 g/mol. The van der Waals surface area contributed by atoms with Gasteiger partial charge in [-0.15, -0.1) is 0 Å². The van der Waals surface area contributed by atoms with E-state index < -0.39 is 25.3 Å². The summed E-state index contributed by atoms with van der Waals surface area (Å²) in [6, 6.07) is 3.19. The fourth-order valence-electron chi connectivity index (χ4n) is 1.74. The standard InChI is InChI=1S/C13H10Cl2N4O4/c1-12(8-13(12,14)15)5-2-6-16-17-10-4-3-9(18(20)21)7-11(10)19(22)23/h3-4,6-7,17H,8H2,1H3/b16-6-/t12-/m1/s1. The molecule has 0 saturated heterocycles. The van der Waals surface area contributed by atoms with E-state index in [4.69, 9.17) is 23.2 Å². The highest BCUT2D eigenvalue weighted by atomic mass is 35.5. The molecule has 0 unspecified atom stereocenters. The summed E-state index contributed by atoms with van der Waals surface area (Å²) in [5.41, 5.74) is 1.10. The third kappa shape index (κ3) is 3.70. The smallest absolute Gasteiger partial charge is 0.271 e. The molecule has 0 spiro atoms. The number of rotatable bonds is 4. The number of hydrogen-bond donors (Lipinski definition) is 1. The second-order valence-corrected chi connectivity index (χ2v) is 6.55. The summed E-state index contributed by atoms with van der Waals surface area (Å²) < 4.78 is -0.863. The molecular weight excluding hydrogens is 347 g/mol. The van der Waals surface area contributed by atoms with Gasteiger partial charge < -0.3 is 0 Å². The van der Waals surface area contributed by atoms with Crippen molar-refractivity contribution in [1.82, 2.24) is 0 Å². The summed E-state index contributed by atoms with van der Waals surface area (Å²) in [5.74, 6) is 5.49. The van der Waals surface area contributed by atoms with Crippen LogP contribution in [-0.2, 0) is 0 Å². The third-order valence-corrected chi connectivity index (χ3v) is 4.41. The van der Waals surface area contributed by atoms with Gasteiger partial charge in [0, 0.05) is 12.5 Å². The van der Waals surface area contributed by atoms with Crippen LogP contribution < -0.4 is 5.43 Å². The van der Waals surface area contributed by atoms with Crippen LogP contribution in [0, 0.1) is 37.5 Å². The molecule has 1 fully saturated rings. The fraction of sp³-hybridized carbons (Fsp3) is 0.308. The van der Waals surface area contributed by atoms with Crippen molar-refractivity contribution in [3.05, 3.63) is 38.4 Å². The summed E-state index contributed by atoms with van der Waals surface area (Å²) in [4.78, 5) is 20.1. The van der Waals surface area contributed by atoms with E-state index in [1.54, 1.807) is 0 Å². The first-order chi connectivity index (χ1) is 10.7. The lowest BCUT2D eigenvalue weighted by molar-refractivity contribution is -0.393. The molecule has 1 aliphatic carbocycles. The van der Waals surface area contributed by atoms with Crippen LogP contribution in [0.3, 0.4) is 0 Å². The van der Waals surface area contributed by atoms with Crippen molar-refractivity contribution >= 4 is 46.5 Å². The number of nitro benzene ring substituents is 2. The minimum atomic E-state index is -0.863. The van der Waals surface area contributed by atoms with Crippen LogP contribution in [0.15, 0.2) is 23.3 Å². The van der Waals surface area contributed by atoms with Crippen molar-refractivity contribution in [2.75, 3.05) is 5.43 Å². The first kappa shape index (κ1) is 17.0. The number of anilines is 1. The van der Waals surface area contributed by atoms with Gasteiger partial charge in [-0.05, 0) is 13.0 Å². The SMILES string of the molecule is C[C@@]1(C#C/C=N\Nc2ccc([N+](=O)[O-])cc2[N+](=O)[O-])CC1(Cl)Cl. The molecule has 1 atom stereocenters. The van der Waals surface area contributed by atoms with E-state index in [-0.39, 0.29) is 11.4 Å². The molecule has 1 aromatic rings. The van der Waals surface area contributed by atoms with Crippen LogP contribution in [0.2, 0.25) is 0 Å². The Kier molecular flexibility index (Phi) is 4.45. The minimum Gasteiger partial charge on any atom is -0.271 e. The molecular formula is C13H10Cl2N4O4. The number of nitro groups is 2. The van der Waals surface area contributed by atoms with E-state index in [2.05, 4.69) is 22.4 Å². The average Bonchev–Trinajstić information content (AvgIpc) is 2.96. The maximum absolute atomic E-state index is 10.9. The highest BCUT2D eigenvalue weighted by Gasteiger charge is 2.62. The van der Waals surface area contributed by atoms with Crippen LogP contribution in [0.1, 0.15) is 13.3 Å². The predicted molar refractivity (Wildman–Crippen MR) is 86.8 cm³/mol. The van der Waals surface area contributed by atoms with Gasteiger partial charge in [0.05, 0.1) is 27.5 Å². The van der Waals surface area contributed by atoms with Crippen molar-refractivity contribution in [1.29, 1.82) is 0 Å². The van der Waals surface area contributed by atoms with Crippen molar-refractivity contribution in [2.45, 2.75) is 17.7 Å². The lowest BCUT2D eigenvalue weighted by Crippen LogP contribution is -2.00. The molecule has 10 heteroatoms.